The molecule has 1 aromatic carbocycles. The van der Waals surface area contributed by atoms with Crippen molar-refractivity contribution in [3.8, 4) is 11.3 Å². The van der Waals surface area contributed by atoms with Gasteiger partial charge in [-0.2, -0.15) is 0 Å². The van der Waals surface area contributed by atoms with Crippen molar-refractivity contribution in [3.63, 3.8) is 0 Å². The van der Waals surface area contributed by atoms with Gasteiger partial charge in [-0.25, -0.2) is 14.4 Å². The molecular formula is C20H20FN5. The zero-order valence-electron chi connectivity index (χ0n) is 14.6. The average Bonchev–Trinajstić information content (AvgIpc) is 2.58. The van der Waals surface area contributed by atoms with Gasteiger partial charge in [-0.3, -0.25) is 0 Å². The number of hydrogen-bond acceptors (Lipinski definition) is 5. The van der Waals surface area contributed by atoms with E-state index in [4.69, 9.17) is 5.73 Å². The summed E-state index contributed by atoms with van der Waals surface area (Å²) in [6, 6.07) is 9.07. The highest BCUT2D eigenvalue weighted by atomic mass is 19.1. The van der Waals surface area contributed by atoms with Crippen LogP contribution in [0.25, 0.3) is 11.3 Å². The Hall–Kier alpha value is -2.89. The lowest BCUT2D eigenvalue weighted by Crippen LogP contribution is -2.14. The molecule has 0 radical (unpaired) electrons. The van der Waals surface area contributed by atoms with Crippen LogP contribution in [-0.4, -0.2) is 20.2 Å². The van der Waals surface area contributed by atoms with Crippen LogP contribution in [0.15, 0.2) is 36.7 Å². The van der Waals surface area contributed by atoms with E-state index >= 15 is 4.39 Å². The van der Waals surface area contributed by atoms with Gasteiger partial charge in [0.2, 0.25) is 0 Å². The van der Waals surface area contributed by atoms with Crippen LogP contribution in [0, 0.1) is 12.7 Å². The Balaban J connectivity index is 1.80. The molecule has 132 valence electrons. The highest BCUT2D eigenvalue weighted by molar-refractivity contribution is 5.63. The second-order valence-corrected chi connectivity index (χ2v) is 6.79. The van der Waals surface area contributed by atoms with Crippen molar-refractivity contribution in [2.45, 2.75) is 38.5 Å². The van der Waals surface area contributed by atoms with Gasteiger partial charge in [-0.1, -0.05) is 12.5 Å². The molecule has 0 saturated heterocycles. The minimum Gasteiger partial charge on any atom is -0.382 e. The van der Waals surface area contributed by atoms with Gasteiger partial charge in [-0.05, 0) is 61.1 Å². The number of rotatable bonds is 4. The Kier molecular flexibility index (Phi) is 4.32. The lowest BCUT2D eigenvalue weighted by Gasteiger charge is -2.28. The number of halogens is 1. The van der Waals surface area contributed by atoms with Crippen molar-refractivity contribution in [1.29, 1.82) is 0 Å². The van der Waals surface area contributed by atoms with Gasteiger partial charge in [0.1, 0.15) is 18.0 Å². The summed E-state index contributed by atoms with van der Waals surface area (Å²) in [5.74, 6) is 0.496. The number of nitrogen functional groups attached to an aromatic ring is 1. The molecule has 0 aliphatic heterocycles. The number of nitrogens with two attached hydrogens (primary N) is 1. The van der Waals surface area contributed by atoms with Crippen LogP contribution >= 0.6 is 0 Å². The van der Waals surface area contributed by atoms with Crippen LogP contribution in [0.3, 0.4) is 0 Å². The van der Waals surface area contributed by atoms with E-state index < -0.39 is 0 Å². The molecule has 26 heavy (non-hydrogen) atoms. The first-order valence-electron chi connectivity index (χ1n) is 8.80. The number of anilines is 1. The topological polar surface area (TPSA) is 77.6 Å². The Morgan fingerprint density at radius 2 is 1.96 bits per heavy atom. The fourth-order valence-corrected chi connectivity index (χ4v) is 3.39. The van der Waals surface area contributed by atoms with Gasteiger partial charge >= 0.3 is 0 Å². The molecule has 4 rings (SSSR count). The second-order valence-electron chi connectivity index (χ2n) is 6.79. The fourth-order valence-electron chi connectivity index (χ4n) is 3.39. The molecule has 0 atom stereocenters. The normalized spacial score (nSPS) is 14.2. The first-order valence-corrected chi connectivity index (χ1v) is 8.80. The molecule has 1 aliphatic carbocycles. The molecule has 0 spiro atoms. The van der Waals surface area contributed by atoms with E-state index in [9.17, 15) is 0 Å². The number of aryl methyl sites for hydroxylation is 1. The van der Waals surface area contributed by atoms with Crippen molar-refractivity contribution in [2.75, 3.05) is 5.73 Å². The third kappa shape index (κ3) is 3.14. The maximum atomic E-state index is 15.5. The molecule has 3 aromatic rings. The first-order chi connectivity index (χ1) is 12.6. The van der Waals surface area contributed by atoms with Crippen molar-refractivity contribution in [2.24, 2.45) is 0 Å². The summed E-state index contributed by atoms with van der Waals surface area (Å²) in [4.78, 5) is 8.44. The van der Waals surface area contributed by atoms with Crippen molar-refractivity contribution in [1.82, 2.24) is 20.2 Å². The number of aromatic nitrogens is 4. The minimum atomic E-state index is -0.246. The third-order valence-corrected chi connectivity index (χ3v) is 5.00. The Morgan fingerprint density at radius 1 is 1.12 bits per heavy atom. The van der Waals surface area contributed by atoms with E-state index in [0.717, 1.165) is 29.8 Å². The number of benzene rings is 1. The summed E-state index contributed by atoms with van der Waals surface area (Å²) >= 11 is 0. The fraction of sp³-hybridized carbons (Fsp3) is 0.300. The Morgan fingerprint density at radius 3 is 2.62 bits per heavy atom. The summed E-state index contributed by atoms with van der Waals surface area (Å²) in [6.07, 6.45) is 5.38. The SMILES string of the molecule is Cc1cc(Cc2c(C3CCC3)ccc(-c3ccc(N)nn3)c2F)ncn1. The highest BCUT2D eigenvalue weighted by Crippen LogP contribution is 2.40. The van der Waals surface area contributed by atoms with Gasteiger partial charge < -0.3 is 5.73 Å². The van der Waals surface area contributed by atoms with Crippen LogP contribution in [0.5, 0.6) is 0 Å². The predicted octanol–water partition coefficient (Wildman–Crippen LogP) is 3.82. The van der Waals surface area contributed by atoms with E-state index in [2.05, 4.69) is 20.2 Å². The van der Waals surface area contributed by atoms with Gasteiger partial charge in [-0.15, -0.1) is 10.2 Å². The smallest absolute Gasteiger partial charge is 0.146 e. The third-order valence-electron chi connectivity index (χ3n) is 5.00. The van der Waals surface area contributed by atoms with Crippen LogP contribution in [0.4, 0.5) is 10.2 Å². The molecule has 2 N–H and O–H groups in total. The molecule has 1 aliphatic rings. The molecule has 2 heterocycles. The minimum absolute atomic E-state index is 0.246. The molecule has 1 saturated carbocycles. The second kappa shape index (κ2) is 6.78. The Bertz CT molecular complexity index is 935. The number of nitrogens with zero attached hydrogens (tertiary/aromatic N) is 4. The average molecular weight is 349 g/mol. The van der Waals surface area contributed by atoms with E-state index in [1.807, 2.05) is 19.1 Å². The van der Waals surface area contributed by atoms with Gasteiger partial charge in [0.25, 0.3) is 0 Å². The van der Waals surface area contributed by atoms with E-state index in [0.29, 0.717) is 35.0 Å². The monoisotopic (exact) mass is 349 g/mol. The molecule has 2 aromatic heterocycles. The molecular weight excluding hydrogens is 329 g/mol. The van der Waals surface area contributed by atoms with Crippen molar-refractivity contribution < 1.29 is 4.39 Å². The van der Waals surface area contributed by atoms with Crippen molar-refractivity contribution >= 4 is 5.82 Å². The van der Waals surface area contributed by atoms with E-state index in [1.54, 1.807) is 18.2 Å². The highest BCUT2D eigenvalue weighted by Gasteiger charge is 2.26. The lowest BCUT2D eigenvalue weighted by atomic mass is 9.77. The van der Waals surface area contributed by atoms with Crippen LogP contribution in [-0.2, 0) is 6.42 Å². The standard InChI is InChI=1S/C20H20FN5/c1-12-9-14(24-11-23-12)10-17-15(13-3-2-4-13)5-6-16(20(17)21)18-7-8-19(22)26-25-18/h5-9,11,13H,2-4,10H2,1H3,(H2,22,26). The number of hydrogen-bond donors (Lipinski definition) is 1. The summed E-state index contributed by atoms with van der Waals surface area (Å²) < 4.78 is 15.5. The van der Waals surface area contributed by atoms with Crippen LogP contribution < -0.4 is 5.73 Å². The maximum Gasteiger partial charge on any atom is 0.146 e. The van der Waals surface area contributed by atoms with Crippen LogP contribution in [0.2, 0.25) is 0 Å². The lowest BCUT2D eigenvalue weighted by molar-refractivity contribution is 0.415. The van der Waals surface area contributed by atoms with Gasteiger partial charge in [0.05, 0.1) is 5.69 Å². The predicted molar refractivity (Wildman–Crippen MR) is 98.0 cm³/mol. The molecule has 0 bridgehead atoms. The van der Waals surface area contributed by atoms with E-state index in [-0.39, 0.29) is 5.82 Å². The zero-order valence-corrected chi connectivity index (χ0v) is 14.6. The molecule has 0 amide bonds. The molecule has 6 heteroatoms. The Labute approximate surface area is 151 Å². The molecule has 5 nitrogen and oxygen atoms in total. The summed E-state index contributed by atoms with van der Waals surface area (Å²) in [5, 5.41) is 7.89. The van der Waals surface area contributed by atoms with E-state index in [1.165, 1.54) is 12.7 Å². The van der Waals surface area contributed by atoms with Crippen LogP contribution in [0.1, 0.15) is 47.7 Å². The quantitative estimate of drug-likeness (QED) is 0.775. The van der Waals surface area contributed by atoms with Gasteiger partial charge in [0, 0.05) is 23.4 Å². The van der Waals surface area contributed by atoms with Gasteiger partial charge in [0.15, 0.2) is 0 Å². The molecule has 0 unspecified atom stereocenters. The summed E-state index contributed by atoms with van der Waals surface area (Å²) in [5.41, 5.74) is 10.00. The zero-order chi connectivity index (χ0) is 18.1. The molecule has 1 fully saturated rings. The first kappa shape index (κ1) is 16.6. The largest absolute Gasteiger partial charge is 0.382 e. The van der Waals surface area contributed by atoms with Crippen molar-refractivity contribution in [3.05, 3.63) is 65.0 Å². The maximum absolute atomic E-state index is 15.5. The summed E-state index contributed by atoms with van der Waals surface area (Å²) in [6.45, 7) is 1.91. The summed E-state index contributed by atoms with van der Waals surface area (Å²) in [7, 11) is 0.